The van der Waals surface area contributed by atoms with Gasteiger partial charge in [-0.3, -0.25) is 0 Å². The summed E-state index contributed by atoms with van der Waals surface area (Å²) >= 11 is 0. The van der Waals surface area contributed by atoms with Crippen molar-refractivity contribution in [3.63, 3.8) is 0 Å². The third kappa shape index (κ3) is 3.77. The lowest BCUT2D eigenvalue weighted by Gasteiger charge is -2.28. The Hall–Kier alpha value is -1.77. The second-order valence-electron chi connectivity index (χ2n) is 5.54. The Kier molecular flexibility index (Phi) is 4.74. The van der Waals surface area contributed by atoms with Gasteiger partial charge in [0.1, 0.15) is 17.7 Å². The lowest BCUT2D eigenvalue weighted by molar-refractivity contribution is 0.339. The Morgan fingerprint density at radius 3 is 2.48 bits per heavy atom. The monoisotopic (exact) mass is 338 g/mol. The minimum absolute atomic E-state index is 0.370. The van der Waals surface area contributed by atoms with E-state index < -0.39 is 16.3 Å². The number of aromatic amines is 1. The Labute approximate surface area is 134 Å². The van der Waals surface area contributed by atoms with E-state index in [-0.39, 0.29) is 5.82 Å². The van der Waals surface area contributed by atoms with Gasteiger partial charge in [-0.2, -0.15) is 17.4 Å². The van der Waals surface area contributed by atoms with Gasteiger partial charge in [-0.25, -0.2) is 9.37 Å². The molecule has 1 saturated heterocycles. The molecule has 8 heteroatoms. The third-order valence-electron chi connectivity index (χ3n) is 3.92. The predicted molar refractivity (Wildman–Crippen MR) is 84.3 cm³/mol. The van der Waals surface area contributed by atoms with Gasteiger partial charge >= 0.3 is 0 Å². The largest absolute Gasteiger partial charge is 0.347 e. The first-order valence-electron chi connectivity index (χ1n) is 7.58. The molecule has 124 valence electrons. The number of nitrogens with one attached hydrogen (secondary N) is 2. The Morgan fingerprint density at radius 2 is 1.87 bits per heavy atom. The minimum atomic E-state index is -3.64. The average Bonchev–Trinajstić information content (AvgIpc) is 3.09. The molecule has 1 fully saturated rings. The maximum absolute atomic E-state index is 13.2. The quantitative estimate of drug-likeness (QED) is 0.875. The van der Waals surface area contributed by atoms with E-state index in [4.69, 9.17) is 0 Å². The first-order chi connectivity index (χ1) is 11.1. The minimum Gasteiger partial charge on any atom is -0.347 e. The maximum Gasteiger partial charge on any atom is 0.280 e. The molecule has 2 aromatic rings. The third-order valence-corrected chi connectivity index (χ3v) is 5.50. The van der Waals surface area contributed by atoms with E-state index in [9.17, 15) is 12.8 Å². The van der Waals surface area contributed by atoms with Crippen LogP contribution in [0.2, 0.25) is 0 Å². The van der Waals surface area contributed by atoms with E-state index in [1.807, 2.05) is 0 Å². The smallest absolute Gasteiger partial charge is 0.280 e. The van der Waals surface area contributed by atoms with Crippen LogP contribution in [0.25, 0.3) is 0 Å². The van der Waals surface area contributed by atoms with E-state index in [1.54, 1.807) is 24.5 Å². The summed E-state index contributed by atoms with van der Waals surface area (Å²) in [4.78, 5) is 7.08. The van der Waals surface area contributed by atoms with Crippen molar-refractivity contribution >= 4 is 10.2 Å². The first kappa shape index (κ1) is 16.1. The molecular formula is C15H19FN4O2S. The number of hydrogen-bond acceptors (Lipinski definition) is 3. The summed E-state index contributed by atoms with van der Waals surface area (Å²) in [6.07, 6.45) is 5.96. The van der Waals surface area contributed by atoms with Crippen molar-refractivity contribution in [3.8, 4) is 0 Å². The fourth-order valence-electron chi connectivity index (χ4n) is 2.70. The molecule has 1 unspecified atom stereocenters. The van der Waals surface area contributed by atoms with Crippen LogP contribution in [0.5, 0.6) is 0 Å². The van der Waals surface area contributed by atoms with Gasteiger partial charge in [0.15, 0.2) is 0 Å². The van der Waals surface area contributed by atoms with Crippen molar-refractivity contribution in [2.45, 2.75) is 25.3 Å². The van der Waals surface area contributed by atoms with E-state index in [0.717, 1.165) is 19.3 Å². The highest BCUT2D eigenvalue weighted by Crippen LogP contribution is 2.22. The van der Waals surface area contributed by atoms with Crippen LogP contribution >= 0.6 is 0 Å². The van der Waals surface area contributed by atoms with E-state index in [2.05, 4.69) is 14.7 Å². The van der Waals surface area contributed by atoms with Gasteiger partial charge in [-0.1, -0.05) is 18.6 Å². The van der Waals surface area contributed by atoms with Crippen molar-refractivity contribution in [1.29, 1.82) is 0 Å². The van der Waals surface area contributed by atoms with Crippen LogP contribution in [-0.4, -0.2) is 35.8 Å². The van der Waals surface area contributed by atoms with E-state index in [0.29, 0.717) is 24.5 Å². The van der Waals surface area contributed by atoms with Gasteiger partial charge in [0.05, 0.1) is 0 Å². The molecule has 0 saturated carbocycles. The summed E-state index contributed by atoms with van der Waals surface area (Å²) in [6.45, 7) is 1.03. The van der Waals surface area contributed by atoms with E-state index in [1.165, 1.54) is 16.4 Å². The number of benzene rings is 1. The van der Waals surface area contributed by atoms with Gasteiger partial charge in [-0.05, 0) is 30.5 Å². The summed E-state index contributed by atoms with van der Waals surface area (Å²) in [5.74, 6) is 0.100. The molecule has 6 nitrogen and oxygen atoms in total. The molecule has 2 N–H and O–H groups in total. The standard InChI is InChI=1S/C15H19FN4O2S/c16-13-6-4-12(5-7-13)14(15-17-8-9-18-15)19-23(21,22)20-10-2-1-3-11-20/h4-9,14,19H,1-3,10-11H2,(H,17,18). The van der Waals surface area contributed by atoms with Crippen molar-refractivity contribution in [3.05, 3.63) is 53.9 Å². The van der Waals surface area contributed by atoms with Gasteiger partial charge in [0.2, 0.25) is 0 Å². The Bertz CT molecular complexity index is 725. The van der Waals surface area contributed by atoms with Gasteiger partial charge < -0.3 is 4.98 Å². The number of H-pyrrole nitrogens is 1. The maximum atomic E-state index is 13.2. The molecule has 1 aliphatic heterocycles. The summed E-state index contributed by atoms with van der Waals surface area (Å²) in [6, 6.07) is 5.04. The van der Waals surface area contributed by atoms with Crippen LogP contribution < -0.4 is 4.72 Å². The molecule has 2 heterocycles. The van der Waals surface area contributed by atoms with Crippen LogP contribution in [0.4, 0.5) is 4.39 Å². The molecule has 1 aromatic carbocycles. The van der Waals surface area contributed by atoms with Gasteiger partial charge in [0.25, 0.3) is 10.2 Å². The number of hydrogen-bond donors (Lipinski definition) is 2. The number of imidazole rings is 1. The molecule has 0 amide bonds. The Balaban J connectivity index is 1.88. The highest BCUT2D eigenvalue weighted by atomic mass is 32.2. The summed E-state index contributed by atoms with van der Waals surface area (Å²) in [5, 5.41) is 0. The van der Waals surface area contributed by atoms with Gasteiger partial charge in [0, 0.05) is 25.5 Å². The second-order valence-corrected chi connectivity index (χ2v) is 7.24. The zero-order valence-corrected chi connectivity index (χ0v) is 13.4. The topological polar surface area (TPSA) is 78.1 Å². The highest BCUT2D eigenvalue weighted by Gasteiger charge is 2.29. The summed E-state index contributed by atoms with van der Waals surface area (Å²) in [7, 11) is -3.64. The molecule has 3 rings (SSSR count). The van der Waals surface area contributed by atoms with Crippen molar-refractivity contribution < 1.29 is 12.8 Å². The zero-order chi connectivity index (χ0) is 16.3. The van der Waals surface area contributed by atoms with Crippen LogP contribution in [0, 0.1) is 5.82 Å². The number of halogens is 1. The van der Waals surface area contributed by atoms with Crippen molar-refractivity contribution in [2.75, 3.05) is 13.1 Å². The molecule has 0 aliphatic carbocycles. The molecule has 0 spiro atoms. The lowest BCUT2D eigenvalue weighted by atomic mass is 10.1. The van der Waals surface area contributed by atoms with Crippen LogP contribution in [0.1, 0.15) is 36.7 Å². The SMILES string of the molecule is O=S(=O)(NC(c1ccc(F)cc1)c1ncc[nH]1)N1CCCCC1. The molecule has 0 radical (unpaired) electrons. The number of rotatable bonds is 5. The van der Waals surface area contributed by atoms with Crippen LogP contribution in [0.15, 0.2) is 36.7 Å². The number of aromatic nitrogens is 2. The first-order valence-corrected chi connectivity index (χ1v) is 9.02. The molecular weight excluding hydrogens is 319 g/mol. The highest BCUT2D eigenvalue weighted by molar-refractivity contribution is 7.87. The summed E-state index contributed by atoms with van der Waals surface area (Å²) < 4.78 is 42.5. The molecule has 0 bridgehead atoms. The molecule has 1 aromatic heterocycles. The van der Waals surface area contributed by atoms with E-state index >= 15 is 0 Å². The second kappa shape index (κ2) is 6.77. The van der Waals surface area contributed by atoms with Gasteiger partial charge in [-0.15, -0.1) is 0 Å². The van der Waals surface area contributed by atoms with Crippen molar-refractivity contribution in [1.82, 2.24) is 19.0 Å². The molecule has 23 heavy (non-hydrogen) atoms. The molecule has 1 atom stereocenters. The van der Waals surface area contributed by atoms with Crippen LogP contribution in [0.3, 0.4) is 0 Å². The fraction of sp³-hybridized carbons (Fsp3) is 0.400. The Morgan fingerprint density at radius 1 is 1.17 bits per heavy atom. The van der Waals surface area contributed by atoms with Crippen molar-refractivity contribution in [2.24, 2.45) is 0 Å². The zero-order valence-electron chi connectivity index (χ0n) is 12.6. The number of piperidine rings is 1. The molecule has 1 aliphatic rings. The lowest BCUT2D eigenvalue weighted by Crippen LogP contribution is -2.45. The fourth-order valence-corrected chi connectivity index (χ4v) is 4.13. The number of nitrogens with zero attached hydrogens (tertiary/aromatic N) is 2. The predicted octanol–water partition coefficient (Wildman–Crippen LogP) is 1.96. The summed E-state index contributed by atoms with van der Waals surface area (Å²) in [5.41, 5.74) is 0.627. The average molecular weight is 338 g/mol. The normalized spacial score (nSPS) is 18.0. The van der Waals surface area contributed by atoms with Crippen LogP contribution in [-0.2, 0) is 10.2 Å².